The largest absolute Gasteiger partial charge is 0.660 e. The first-order valence-electron chi connectivity index (χ1n) is 5.25. The van der Waals surface area contributed by atoms with E-state index in [-0.39, 0.29) is 0 Å². The summed E-state index contributed by atoms with van der Waals surface area (Å²) in [6, 6.07) is 7.34. The van der Waals surface area contributed by atoms with E-state index in [2.05, 4.69) is 9.97 Å². The van der Waals surface area contributed by atoms with E-state index in [0.29, 0.717) is 11.8 Å². The highest BCUT2D eigenvalue weighted by Crippen LogP contribution is 2.16. The summed E-state index contributed by atoms with van der Waals surface area (Å²) < 4.78 is 10.5. The molecular weight excluding hydrogens is 215 g/mol. The Bertz CT molecular complexity index is 491. The molecule has 2 aromatic rings. The van der Waals surface area contributed by atoms with E-state index in [0.717, 1.165) is 11.1 Å². The summed E-state index contributed by atoms with van der Waals surface area (Å²) in [5.74, 6) is 1.03. The lowest BCUT2D eigenvalue weighted by atomic mass is 10.2. The maximum atomic E-state index is 5.32. The molecule has 0 bridgehead atoms. The number of hydrogen-bond acceptors (Lipinski definition) is 4. The van der Waals surface area contributed by atoms with E-state index in [1.54, 1.807) is 18.5 Å². The second kappa shape index (κ2) is 5.34. The molecule has 2 heterocycles. The Balaban J connectivity index is 1.93. The van der Waals surface area contributed by atoms with Crippen molar-refractivity contribution >= 4 is 7.69 Å². The highest BCUT2D eigenvalue weighted by Gasteiger charge is 2.07. The van der Waals surface area contributed by atoms with Crippen LogP contribution < -0.4 is 9.31 Å². The smallest absolute Gasteiger partial charge is 0.512 e. The number of aromatic nitrogens is 2. The van der Waals surface area contributed by atoms with E-state index in [4.69, 9.17) is 9.31 Å². The predicted octanol–water partition coefficient (Wildman–Crippen LogP) is 2.09. The summed E-state index contributed by atoms with van der Waals surface area (Å²) in [5.41, 5.74) is 2.12. The van der Waals surface area contributed by atoms with Crippen molar-refractivity contribution in [2.75, 3.05) is 0 Å². The Morgan fingerprint density at radius 1 is 1.00 bits per heavy atom. The molecule has 0 fully saturated rings. The van der Waals surface area contributed by atoms with Crippen molar-refractivity contribution < 1.29 is 9.31 Å². The lowest BCUT2D eigenvalue weighted by molar-refractivity contribution is 0.437. The highest BCUT2D eigenvalue weighted by molar-refractivity contribution is 6.20. The van der Waals surface area contributed by atoms with Gasteiger partial charge in [0.2, 0.25) is 5.88 Å². The molecule has 85 valence electrons. The molecule has 0 aliphatic carbocycles. The van der Waals surface area contributed by atoms with Crippen LogP contribution in [0.1, 0.15) is 11.1 Å². The maximum absolute atomic E-state index is 5.32. The second-order valence-corrected chi connectivity index (χ2v) is 3.56. The van der Waals surface area contributed by atoms with Crippen LogP contribution >= 0.6 is 0 Å². The third kappa shape index (κ3) is 2.97. The first-order chi connectivity index (χ1) is 8.27. The summed E-state index contributed by atoms with van der Waals surface area (Å²) in [7, 11) is 1.23. The molecule has 0 aliphatic heterocycles. The van der Waals surface area contributed by atoms with Crippen molar-refractivity contribution in [3.63, 3.8) is 0 Å². The summed E-state index contributed by atoms with van der Waals surface area (Å²) in [4.78, 5) is 8.11. The van der Waals surface area contributed by atoms with Gasteiger partial charge in [0.15, 0.2) is 5.88 Å². The summed E-state index contributed by atoms with van der Waals surface area (Å²) in [5, 5.41) is 0. The van der Waals surface area contributed by atoms with Gasteiger partial charge in [-0.25, -0.2) is 9.97 Å². The van der Waals surface area contributed by atoms with Gasteiger partial charge in [0, 0.05) is 18.0 Å². The van der Waals surface area contributed by atoms with Crippen molar-refractivity contribution in [3.8, 4) is 11.8 Å². The molecule has 17 heavy (non-hydrogen) atoms. The summed E-state index contributed by atoms with van der Waals surface area (Å²) in [6.07, 6.45) is 3.35. The Kier molecular flexibility index (Phi) is 3.60. The zero-order chi connectivity index (χ0) is 12.1. The number of aryl methyl sites for hydroxylation is 1. The first kappa shape index (κ1) is 11.5. The first-order valence-corrected chi connectivity index (χ1v) is 5.25. The monoisotopic (exact) mass is 227 g/mol. The van der Waals surface area contributed by atoms with Crippen molar-refractivity contribution in [1.29, 1.82) is 0 Å². The Morgan fingerprint density at radius 3 is 2.65 bits per heavy atom. The van der Waals surface area contributed by atoms with Crippen LogP contribution in [0.3, 0.4) is 0 Å². The van der Waals surface area contributed by atoms with Gasteiger partial charge in [-0.3, -0.25) is 0 Å². The zero-order valence-electron chi connectivity index (χ0n) is 9.75. The van der Waals surface area contributed by atoms with E-state index < -0.39 is 0 Å². The molecule has 4 nitrogen and oxygen atoms in total. The molecular formula is C12H12BN2O2. The molecule has 2 aromatic heterocycles. The van der Waals surface area contributed by atoms with Gasteiger partial charge in [-0.2, -0.15) is 0 Å². The quantitative estimate of drug-likeness (QED) is 0.750. The molecule has 1 radical (unpaired) electrons. The minimum Gasteiger partial charge on any atom is -0.512 e. The Hall–Kier alpha value is -2.04. The van der Waals surface area contributed by atoms with Gasteiger partial charge >= 0.3 is 7.69 Å². The van der Waals surface area contributed by atoms with Gasteiger partial charge in [-0.15, -0.1) is 0 Å². The molecule has 0 aliphatic rings. The van der Waals surface area contributed by atoms with Crippen LogP contribution in [0.5, 0.6) is 11.8 Å². The predicted molar refractivity (Wildman–Crippen MR) is 65.0 cm³/mol. The number of hydrogen-bond donors (Lipinski definition) is 0. The number of rotatable bonds is 4. The van der Waals surface area contributed by atoms with E-state index in [9.17, 15) is 0 Å². The molecule has 0 aromatic carbocycles. The standard InChI is InChI=1S/C12H12BN2O2/c1-9-6-8-15-12(10(9)2)17-13-16-11-5-3-4-7-14-11/h3-8H,1-2H3. The van der Waals surface area contributed by atoms with Gasteiger partial charge in [0.05, 0.1) is 0 Å². The average molecular weight is 227 g/mol. The van der Waals surface area contributed by atoms with Crippen LogP contribution in [0.4, 0.5) is 0 Å². The molecule has 0 saturated heterocycles. The zero-order valence-corrected chi connectivity index (χ0v) is 9.75. The van der Waals surface area contributed by atoms with Crippen LogP contribution in [0.2, 0.25) is 0 Å². The maximum Gasteiger partial charge on any atom is 0.660 e. The van der Waals surface area contributed by atoms with Crippen LogP contribution in [0.15, 0.2) is 36.7 Å². The highest BCUT2D eigenvalue weighted by atomic mass is 16.6. The van der Waals surface area contributed by atoms with Crippen LogP contribution in [-0.2, 0) is 0 Å². The minimum absolute atomic E-state index is 0.484. The van der Waals surface area contributed by atoms with Crippen LogP contribution in [0, 0.1) is 13.8 Å². The molecule has 2 rings (SSSR count). The topological polar surface area (TPSA) is 44.2 Å². The van der Waals surface area contributed by atoms with Crippen molar-refractivity contribution in [1.82, 2.24) is 9.97 Å². The third-order valence-electron chi connectivity index (χ3n) is 2.39. The number of nitrogens with zero attached hydrogens (tertiary/aromatic N) is 2. The van der Waals surface area contributed by atoms with Crippen LogP contribution in [-0.4, -0.2) is 17.7 Å². The van der Waals surface area contributed by atoms with Crippen molar-refractivity contribution in [2.45, 2.75) is 13.8 Å². The third-order valence-corrected chi connectivity index (χ3v) is 2.39. The van der Waals surface area contributed by atoms with E-state index in [1.807, 2.05) is 32.0 Å². The van der Waals surface area contributed by atoms with E-state index in [1.165, 1.54) is 7.69 Å². The van der Waals surface area contributed by atoms with Gasteiger partial charge in [0.25, 0.3) is 0 Å². The summed E-state index contributed by atoms with van der Waals surface area (Å²) >= 11 is 0. The van der Waals surface area contributed by atoms with Gasteiger partial charge in [-0.1, -0.05) is 6.07 Å². The molecule has 0 atom stereocenters. The fourth-order valence-electron chi connectivity index (χ4n) is 1.26. The second-order valence-electron chi connectivity index (χ2n) is 3.56. The normalized spacial score (nSPS) is 9.76. The minimum atomic E-state index is 0.484. The number of pyridine rings is 2. The fraction of sp³-hybridized carbons (Fsp3) is 0.167. The van der Waals surface area contributed by atoms with Gasteiger partial charge in [-0.05, 0) is 37.6 Å². The lowest BCUT2D eigenvalue weighted by Crippen LogP contribution is -2.13. The average Bonchev–Trinajstić information content (AvgIpc) is 2.36. The lowest BCUT2D eigenvalue weighted by Gasteiger charge is -2.08. The van der Waals surface area contributed by atoms with Crippen molar-refractivity contribution in [3.05, 3.63) is 47.8 Å². The molecule has 0 saturated carbocycles. The Labute approximate surface area is 101 Å². The SMILES string of the molecule is Cc1ccnc(O[B]Oc2ccccn2)c1C. The van der Waals surface area contributed by atoms with Crippen LogP contribution in [0.25, 0.3) is 0 Å². The molecule has 0 N–H and O–H groups in total. The molecule has 0 spiro atoms. The summed E-state index contributed by atoms with van der Waals surface area (Å²) in [6.45, 7) is 3.95. The van der Waals surface area contributed by atoms with E-state index >= 15 is 0 Å². The fourth-order valence-corrected chi connectivity index (χ4v) is 1.26. The molecule has 0 amide bonds. The Morgan fingerprint density at radius 2 is 1.88 bits per heavy atom. The van der Waals surface area contributed by atoms with Crippen molar-refractivity contribution in [2.24, 2.45) is 0 Å². The molecule has 5 heteroatoms. The van der Waals surface area contributed by atoms with Gasteiger partial charge < -0.3 is 9.31 Å². The van der Waals surface area contributed by atoms with Gasteiger partial charge in [0.1, 0.15) is 0 Å². The molecule has 0 unspecified atom stereocenters.